The Morgan fingerprint density at radius 2 is 1.93 bits per heavy atom. The first-order chi connectivity index (χ1) is 13.0. The van der Waals surface area contributed by atoms with Crippen molar-refractivity contribution in [3.63, 3.8) is 0 Å². The van der Waals surface area contributed by atoms with E-state index in [1.807, 2.05) is 30.3 Å². The topological polar surface area (TPSA) is 97.6 Å². The SMILES string of the molecule is C=CCNC(=O)[C@H](C)OC(=O)[C@H](Cc1ccccc1)NC(=O)c1ccco1. The Balaban J connectivity index is 2.07. The van der Waals surface area contributed by atoms with E-state index in [-0.39, 0.29) is 18.7 Å². The van der Waals surface area contributed by atoms with Gasteiger partial charge in [0.05, 0.1) is 6.26 Å². The molecule has 27 heavy (non-hydrogen) atoms. The summed E-state index contributed by atoms with van der Waals surface area (Å²) in [5.74, 6) is -1.61. The van der Waals surface area contributed by atoms with Crippen LogP contribution in [-0.4, -0.2) is 36.5 Å². The highest BCUT2D eigenvalue weighted by Crippen LogP contribution is 2.08. The number of amides is 2. The third-order valence-electron chi connectivity index (χ3n) is 3.70. The van der Waals surface area contributed by atoms with Gasteiger partial charge in [0, 0.05) is 13.0 Å². The molecule has 0 aliphatic heterocycles. The van der Waals surface area contributed by atoms with E-state index in [0.29, 0.717) is 0 Å². The minimum Gasteiger partial charge on any atom is -0.459 e. The molecular weight excluding hydrogens is 348 g/mol. The monoisotopic (exact) mass is 370 g/mol. The second-order valence-corrected chi connectivity index (χ2v) is 5.81. The fourth-order valence-corrected chi connectivity index (χ4v) is 2.31. The van der Waals surface area contributed by atoms with Crippen molar-refractivity contribution in [2.45, 2.75) is 25.5 Å². The van der Waals surface area contributed by atoms with Crippen LogP contribution in [0.2, 0.25) is 0 Å². The fourth-order valence-electron chi connectivity index (χ4n) is 2.31. The molecule has 0 bridgehead atoms. The smallest absolute Gasteiger partial charge is 0.329 e. The minimum absolute atomic E-state index is 0.0811. The van der Waals surface area contributed by atoms with E-state index in [9.17, 15) is 14.4 Å². The summed E-state index contributed by atoms with van der Waals surface area (Å²) in [6.45, 7) is 5.24. The fraction of sp³-hybridized carbons (Fsp3) is 0.250. The van der Waals surface area contributed by atoms with Crippen molar-refractivity contribution >= 4 is 17.8 Å². The minimum atomic E-state index is -1.00. The summed E-state index contributed by atoms with van der Waals surface area (Å²) in [4.78, 5) is 36.7. The van der Waals surface area contributed by atoms with Crippen LogP contribution in [0.3, 0.4) is 0 Å². The Morgan fingerprint density at radius 1 is 1.19 bits per heavy atom. The summed E-state index contributed by atoms with van der Waals surface area (Å²) in [6, 6.07) is 11.3. The molecule has 0 radical (unpaired) electrons. The van der Waals surface area contributed by atoms with E-state index in [4.69, 9.17) is 9.15 Å². The van der Waals surface area contributed by atoms with E-state index in [0.717, 1.165) is 5.56 Å². The van der Waals surface area contributed by atoms with Crippen LogP contribution in [0.4, 0.5) is 0 Å². The first-order valence-electron chi connectivity index (χ1n) is 8.48. The van der Waals surface area contributed by atoms with Crippen LogP contribution in [0.15, 0.2) is 65.8 Å². The number of rotatable bonds is 9. The highest BCUT2D eigenvalue weighted by atomic mass is 16.5. The first kappa shape index (κ1) is 20.0. The molecule has 0 aliphatic rings. The maximum Gasteiger partial charge on any atom is 0.329 e. The molecule has 2 atom stereocenters. The third-order valence-corrected chi connectivity index (χ3v) is 3.70. The lowest BCUT2D eigenvalue weighted by Crippen LogP contribution is -2.46. The number of benzene rings is 1. The number of nitrogens with one attached hydrogen (secondary N) is 2. The molecule has 0 saturated heterocycles. The van der Waals surface area contributed by atoms with Crippen molar-refractivity contribution in [1.29, 1.82) is 0 Å². The molecule has 0 unspecified atom stereocenters. The van der Waals surface area contributed by atoms with Gasteiger partial charge in [0.15, 0.2) is 11.9 Å². The van der Waals surface area contributed by atoms with Crippen LogP contribution in [0.5, 0.6) is 0 Å². The number of hydrogen-bond donors (Lipinski definition) is 2. The van der Waals surface area contributed by atoms with Gasteiger partial charge in [-0.3, -0.25) is 9.59 Å². The molecule has 7 heteroatoms. The van der Waals surface area contributed by atoms with Crippen LogP contribution in [0, 0.1) is 0 Å². The molecule has 1 heterocycles. The zero-order chi connectivity index (χ0) is 19.6. The number of carbonyl (C=O) groups is 3. The first-order valence-corrected chi connectivity index (χ1v) is 8.48. The maximum atomic E-state index is 12.6. The van der Waals surface area contributed by atoms with Crippen LogP contribution >= 0.6 is 0 Å². The van der Waals surface area contributed by atoms with Gasteiger partial charge in [0.25, 0.3) is 11.8 Å². The largest absolute Gasteiger partial charge is 0.459 e. The normalized spacial score (nSPS) is 12.5. The Morgan fingerprint density at radius 3 is 2.56 bits per heavy atom. The van der Waals surface area contributed by atoms with Crippen LogP contribution in [0.1, 0.15) is 23.0 Å². The molecule has 2 aromatic rings. The lowest BCUT2D eigenvalue weighted by Gasteiger charge is -2.20. The maximum absolute atomic E-state index is 12.6. The van der Waals surface area contributed by atoms with Crippen LogP contribution in [-0.2, 0) is 20.7 Å². The summed E-state index contributed by atoms with van der Waals surface area (Å²) in [5, 5.41) is 5.15. The number of esters is 1. The second kappa shape index (κ2) is 9.96. The van der Waals surface area contributed by atoms with Gasteiger partial charge < -0.3 is 19.8 Å². The number of furan rings is 1. The Kier molecular flexibility index (Phi) is 7.37. The van der Waals surface area contributed by atoms with Gasteiger partial charge in [-0.05, 0) is 24.6 Å². The van der Waals surface area contributed by atoms with Gasteiger partial charge in [-0.1, -0.05) is 36.4 Å². The Bertz CT molecular complexity index is 771. The predicted molar refractivity (Wildman–Crippen MR) is 98.9 cm³/mol. The molecule has 2 N–H and O–H groups in total. The second-order valence-electron chi connectivity index (χ2n) is 5.81. The molecule has 2 amide bonds. The average molecular weight is 370 g/mol. The average Bonchev–Trinajstić information content (AvgIpc) is 3.21. The molecule has 142 valence electrons. The summed E-state index contributed by atoms with van der Waals surface area (Å²) < 4.78 is 10.3. The van der Waals surface area contributed by atoms with Gasteiger partial charge in [0.1, 0.15) is 6.04 Å². The third kappa shape index (κ3) is 6.14. The van der Waals surface area contributed by atoms with Gasteiger partial charge in [0.2, 0.25) is 0 Å². The summed E-state index contributed by atoms with van der Waals surface area (Å²) in [6.07, 6.45) is 2.10. The van der Waals surface area contributed by atoms with E-state index < -0.39 is 29.9 Å². The standard InChI is InChI=1S/C20H22N2O5/c1-3-11-21-18(23)14(2)27-20(25)16(13-15-8-5-4-6-9-15)22-19(24)17-10-7-12-26-17/h3-10,12,14,16H,1,11,13H2,2H3,(H,21,23)(H,22,24)/t14-,16-/m0/s1. The summed E-state index contributed by atoms with van der Waals surface area (Å²) >= 11 is 0. The van der Waals surface area contributed by atoms with Gasteiger partial charge in [-0.2, -0.15) is 0 Å². The summed E-state index contributed by atoms with van der Waals surface area (Å²) in [7, 11) is 0. The molecule has 0 aliphatic carbocycles. The molecule has 0 saturated carbocycles. The Labute approximate surface area is 157 Å². The molecule has 0 fully saturated rings. The van der Waals surface area contributed by atoms with Crippen LogP contribution in [0.25, 0.3) is 0 Å². The predicted octanol–water partition coefficient (Wildman–Crippen LogP) is 1.85. The van der Waals surface area contributed by atoms with Crippen LogP contribution < -0.4 is 10.6 Å². The zero-order valence-corrected chi connectivity index (χ0v) is 15.0. The van der Waals surface area contributed by atoms with Gasteiger partial charge >= 0.3 is 5.97 Å². The highest BCUT2D eigenvalue weighted by Gasteiger charge is 2.27. The molecule has 1 aromatic carbocycles. The lowest BCUT2D eigenvalue weighted by atomic mass is 10.1. The quantitative estimate of drug-likeness (QED) is 0.519. The van der Waals surface area contributed by atoms with Crippen molar-refractivity contribution in [3.8, 4) is 0 Å². The molecule has 2 rings (SSSR count). The van der Waals surface area contributed by atoms with E-state index in [1.54, 1.807) is 6.07 Å². The zero-order valence-electron chi connectivity index (χ0n) is 15.0. The summed E-state index contributed by atoms with van der Waals surface area (Å²) in [5.41, 5.74) is 0.836. The van der Waals surface area contributed by atoms with Gasteiger partial charge in [-0.25, -0.2) is 4.79 Å². The van der Waals surface area contributed by atoms with Crippen molar-refractivity contribution in [2.75, 3.05) is 6.54 Å². The van der Waals surface area contributed by atoms with Crippen molar-refractivity contribution in [3.05, 3.63) is 72.7 Å². The highest BCUT2D eigenvalue weighted by molar-refractivity contribution is 5.95. The Hall–Kier alpha value is -3.35. The molecule has 7 nitrogen and oxygen atoms in total. The van der Waals surface area contributed by atoms with Gasteiger partial charge in [-0.15, -0.1) is 6.58 Å². The molecule has 1 aromatic heterocycles. The number of carbonyl (C=O) groups excluding carboxylic acids is 3. The van der Waals surface area contributed by atoms with E-state index in [1.165, 1.54) is 25.3 Å². The van der Waals surface area contributed by atoms with E-state index in [2.05, 4.69) is 17.2 Å². The molecule has 0 spiro atoms. The number of ether oxygens (including phenoxy) is 1. The van der Waals surface area contributed by atoms with Crippen molar-refractivity contribution < 1.29 is 23.5 Å². The lowest BCUT2D eigenvalue weighted by molar-refractivity contribution is -0.156. The number of hydrogen-bond acceptors (Lipinski definition) is 5. The van der Waals surface area contributed by atoms with E-state index >= 15 is 0 Å². The van der Waals surface area contributed by atoms with Crippen molar-refractivity contribution in [1.82, 2.24) is 10.6 Å². The molecular formula is C20H22N2O5. The van der Waals surface area contributed by atoms with Crippen molar-refractivity contribution in [2.24, 2.45) is 0 Å².